The molecule has 1 aliphatic heterocycles. The number of nitrogens with zero attached hydrogens (tertiary/aromatic N) is 1. The van der Waals surface area contributed by atoms with Gasteiger partial charge in [0, 0.05) is 25.7 Å². The summed E-state index contributed by atoms with van der Waals surface area (Å²) in [6.45, 7) is 9.41. The highest BCUT2D eigenvalue weighted by Crippen LogP contribution is 2.29. The smallest absolute Gasteiger partial charge is 0.165 e. The van der Waals surface area contributed by atoms with Crippen molar-refractivity contribution in [1.29, 1.82) is 0 Å². The fourth-order valence-electron chi connectivity index (χ4n) is 2.79. The number of hydrogen-bond donors (Lipinski definition) is 1. The Morgan fingerprint density at radius 3 is 2.71 bits per heavy atom. The minimum Gasteiger partial charge on any atom is -0.491 e. The van der Waals surface area contributed by atoms with Crippen molar-refractivity contribution in [3.63, 3.8) is 0 Å². The molecule has 1 heterocycles. The lowest BCUT2D eigenvalue weighted by Crippen LogP contribution is -2.52. The number of halogens is 2. The summed E-state index contributed by atoms with van der Waals surface area (Å²) in [5, 5.41) is 0. The van der Waals surface area contributed by atoms with Gasteiger partial charge in [-0.2, -0.15) is 0 Å². The van der Waals surface area contributed by atoms with Gasteiger partial charge in [0.2, 0.25) is 0 Å². The maximum absolute atomic E-state index is 13.8. The predicted octanol–water partition coefficient (Wildman–Crippen LogP) is 3.21. The zero-order valence-electron chi connectivity index (χ0n) is 13.1. The van der Waals surface area contributed by atoms with Crippen LogP contribution in [0.3, 0.4) is 0 Å². The van der Waals surface area contributed by atoms with Crippen LogP contribution in [0, 0.1) is 11.2 Å². The van der Waals surface area contributed by atoms with E-state index < -0.39 is 0 Å². The van der Waals surface area contributed by atoms with Crippen molar-refractivity contribution in [2.45, 2.75) is 39.8 Å². The van der Waals surface area contributed by atoms with Gasteiger partial charge in [-0.1, -0.05) is 19.9 Å². The highest BCUT2D eigenvalue weighted by molar-refractivity contribution is 5.85. The fraction of sp³-hybridized carbons (Fsp3) is 0.625. The summed E-state index contributed by atoms with van der Waals surface area (Å²) in [4.78, 5) is 2.35. The Labute approximate surface area is 133 Å². The predicted molar refractivity (Wildman–Crippen MR) is 86.5 cm³/mol. The van der Waals surface area contributed by atoms with Crippen LogP contribution in [0.2, 0.25) is 0 Å². The van der Waals surface area contributed by atoms with Crippen LogP contribution < -0.4 is 10.5 Å². The molecule has 0 aromatic heterocycles. The Morgan fingerprint density at radius 1 is 1.43 bits per heavy atom. The standard InChI is InChI=1S/C16H25FN2O.ClH/c1-4-20-14-6-5-12(9-13(14)17)10-19-8-7-15(18)16(2,3)11-19;/h5-6,9,15H,4,7-8,10-11,18H2,1-3H3;1H. The van der Waals surface area contributed by atoms with Crippen molar-refractivity contribution in [1.82, 2.24) is 4.90 Å². The van der Waals surface area contributed by atoms with Crippen LogP contribution in [-0.4, -0.2) is 30.6 Å². The van der Waals surface area contributed by atoms with Crippen LogP contribution in [0.4, 0.5) is 4.39 Å². The number of benzene rings is 1. The monoisotopic (exact) mass is 316 g/mol. The van der Waals surface area contributed by atoms with Crippen LogP contribution in [0.1, 0.15) is 32.8 Å². The van der Waals surface area contributed by atoms with Crippen LogP contribution >= 0.6 is 12.4 Å². The van der Waals surface area contributed by atoms with Gasteiger partial charge in [0.1, 0.15) is 0 Å². The van der Waals surface area contributed by atoms with Crippen LogP contribution in [0.5, 0.6) is 5.75 Å². The molecule has 2 rings (SSSR count). The molecule has 5 heteroatoms. The molecule has 1 unspecified atom stereocenters. The molecular weight excluding hydrogens is 291 g/mol. The molecule has 0 bridgehead atoms. The van der Waals surface area contributed by atoms with Crippen molar-refractivity contribution in [2.24, 2.45) is 11.1 Å². The van der Waals surface area contributed by atoms with Gasteiger partial charge in [-0.15, -0.1) is 12.4 Å². The van der Waals surface area contributed by atoms with Gasteiger partial charge in [0.05, 0.1) is 6.61 Å². The topological polar surface area (TPSA) is 38.5 Å². The SMILES string of the molecule is CCOc1ccc(CN2CCC(N)C(C)(C)C2)cc1F.Cl. The molecule has 1 fully saturated rings. The van der Waals surface area contributed by atoms with E-state index in [9.17, 15) is 4.39 Å². The minimum atomic E-state index is -0.280. The zero-order chi connectivity index (χ0) is 14.8. The first-order valence-corrected chi connectivity index (χ1v) is 7.31. The quantitative estimate of drug-likeness (QED) is 0.927. The molecule has 0 aliphatic carbocycles. The third-order valence-corrected chi connectivity index (χ3v) is 4.09. The lowest BCUT2D eigenvalue weighted by atomic mass is 9.79. The van der Waals surface area contributed by atoms with E-state index in [1.165, 1.54) is 0 Å². The maximum Gasteiger partial charge on any atom is 0.165 e. The van der Waals surface area contributed by atoms with Gasteiger partial charge >= 0.3 is 0 Å². The van der Waals surface area contributed by atoms with Gasteiger partial charge in [-0.25, -0.2) is 4.39 Å². The summed E-state index contributed by atoms with van der Waals surface area (Å²) in [5.74, 6) is 0.0505. The lowest BCUT2D eigenvalue weighted by molar-refractivity contribution is 0.0898. The van der Waals surface area contributed by atoms with Gasteiger partial charge in [0.25, 0.3) is 0 Å². The molecule has 1 aliphatic rings. The number of nitrogens with two attached hydrogens (primary N) is 1. The Morgan fingerprint density at radius 2 is 2.14 bits per heavy atom. The third kappa shape index (κ3) is 4.56. The van der Waals surface area contributed by atoms with Crippen molar-refractivity contribution in [3.8, 4) is 5.75 Å². The highest BCUT2D eigenvalue weighted by atomic mass is 35.5. The number of likely N-dealkylation sites (tertiary alicyclic amines) is 1. The Bertz CT molecular complexity index is 468. The van der Waals surface area contributed by atoms with E-state index in [0.717, 1.165) is 31.6 Å². The molecule has 0 amide bonds. The largest absolute Gasteiger partial charge is 0.491 e. The molecule has 2 N–H and O–H groups in total. The third-order valence-electron chi connectivity index (χ3n) is 4.09. The molecule has 0 radical (unpaired) electrons. The summed E-state index contributed by atoms with van der Waals surface area (Å²) in [5.41, 5.74) is 7.24. The van der Waals surface area contributed by atoms with Crippen LogP contribution in [-0.2, 0) is 6.54 Å². The van der Waals surface area contributed by atoms with Crippen molar-refractivity contribution in [3.05, 3.63) is 29.6 Å². The number of hydrogen-bond acceptors (Lipinski definition) is 3. The first-order chi connectivity index (χ1) is 9.42. The molecule has 0 spiro atoms. The molecule has 120 valence electrons. The number of piperidine rings is 1. The number of rotatable bonds is 4. The highest BCUT2D eigenvalue weighted by Gasteiger charge is 2.33. The summed E-state index contributed by atoms with van der Waals surface area (Å²) in [7, 11) is 0. The molecule has 1 aromatic rings. The maximum atomic E-state index is 13.8. The van der Waals surface area contributed by atoms with Crippen molar-refractivity contribution >= 4 is 12.4 Å². The van der Waals surface area contributed by atoms with E-state index in [0.29, 0.717) is 12.4 Å². The van der Waals surface area contributed by atoms with Gasteiger partial charge in [0.15, 0.2) is 11.6 Å². The minimum absolute atomic E-state index is 0. The molecule has 1 saturated heterocycles. The second-order valence-electron chi connectivity index (χ2n) is 6.29. The second kappa shape index (κ2) is 7.43. The molecule has 1 atom stereocenters. The van der Waals surface area contributed by atoms with E-state index in [4.69, 9.17) is 10.5 Å². The van der Waals surface area contributed by atoms with E-state index >= 15 is 0 Å². The van der Waals surface area contributed by atoms with E-state index in [2.05, 4.69) is 18.7 Å². The van der Waals surface area contributed by atoms with Crippen LogP contribution in [0.25, 0.3) is 0 Å². The van der Waals surface area contributed by atoms with Gasteiger partial charge in [-0.05, 0) is 36.5 Å². The second-order valence-corrected chi connectivity index (χ2v) is 6.29. The van der Waals surface area contributed by atoms with Crippen LogP contribution in [0.15, 0.2) is 18.2 Å². The Kier molecular flexibility index (Phi) is 6.44. The lowest BCUT2D eigenvalue weighted by Gasteiger charge is -2.42. The fourth-order valence-corrected chi connectivity index (χ4v) is 2.79. The van der Waals surface area contributed by atoms with E-state index in [1.54, 1.807) is 12.1 Å². The van der Waals surface area contributed by atoms with Crippen molar-refractivity contribution in [2.75, 3.05) is 19.7 Å². The average Bonchev–Trinajstić information content (AvgIpc) is 2.37. The molecular formula is C16H26ClFN2O. The first kappa shape index (κ1) is 18.2. The summed E-state index contributed by atoms with van der Waals surface area (Å²) < 4.78 is 19.1. The zero-order valence-corrected chi connectivity index (χ0v) is 13.9. The normalized spacial score (nSPS) is 21.7. The van der Waals surface area contributed by atoms with E-state index in [-0.39, 0.29) is 29.7 Å². The first-order valence-electron chi connectivity index (χ1n) is 7.31. The Balaban J connectivity index is 0.00000220. The summed E-state index contributed by atoms with van der Waals surface area (Å²) in [6, 6.07) is 5.48. The summed E-state index contributed by atoms with van der Waals surface area (Å²) >= 11 is 0. The number of ether oxygens (including phenoxy) is 1. The molecule has 1 aromatic carbocycles. The molecule has 0 saturated carbocycles. The van der Waals surface area contributed by atoms with E-state index in [1.807, 2.05) is 13.0 Å². The molecule has 21 heavy (non-hydrogen) atoms. The Hall–Kier alpha value is -0.840. The molecule has 3 nitrogen and oxygen atoms in total. The van der Waals surface area contributed by atoms with Crippen molar-refractivity contribution < 1.29 is 9.13 Å². The summed E-state index contributed by atoms with van der Waals surface area (Å²) in [6.07, 6.45) is 0.993. The van der Waals surface area contributed by atoms with Gasteiger partial charge in [-0.3, -0.25) is 4.90 Å². The average molecular weight is 317 g/mol. The van der Waals surface area contributed by atoms with Gasteiger partial charge < -0.3 is 10.5 Å².